The molecule has 0 unspecified atom stereocenters. The van der Waals surface area contributed by atoms with E-state index in [0.717, 1.165) is 0 Å². The molecule has 0 fully saturated rings. The van der Waals surface area contributed by atoms with Crippen LogP contribution >= 0.6 is 23.2 Å². The Labute approximate surface area is 124 Å². The Morgan fingerprint density at radius 1 is 1.15 bits per heavy atom. The molecule has 2 aromatic rings. The SMILES string of the molecule is O=[N+]([O-])c1ccc(Cl)cc1NCc1cc(Cl)ccc1F. The fraction of sp³-hybridized carbons (Fsp3) is 0.0769. The lowest BCUT2D eigenvalue weighted by Gasteiger charge is -2.09. The first-order chi connectivity index (χ1) is 9.47. The normalized spacial score (nSPS) is 10.3. The first-order valence-electron chi connectivity index (χ1n) is 5.59. The van der Waals surface area contributed by atoms with Gasteiger partial charge in [-0.25, -0.2) is 4.39 Å². The second-order valence-corrected chi connectivity index (χ2v) is 4.88. The third kappa shape index (κ3) is 3.37. The molecule has 0 amide bonds. The number of nitro benzene ring substituents is 1. The summed E-state index contributed by atoms with van der Waals surface area (Å²) in [6.07, 6.45) is 0. The van der Waals surface area contributed by atoms with E-state index in [-0.39, 0.29) is 17.9 Å². The molecule has 0 aliphatic heterocycles. The van der Waals surface area contributed by atoms with E-state index in [0.29, 0.717) is 15.6 Å². The fourth-order valence-corrected chi connectivity index (χ4v) is 2.05. The predicted octanol–water partition coefficient (Wildman–Crippen LogP) is 4.65. The van der Waals surface area contributed by atoms with Gasteiger partial charge in [0.25, 0.3) is 5.69 Å². The van der Waals surface area contributed by atoms with Gasteiger partial charge >= 0.3 is 0 Å². The van der Waals surface area contributed by atoms with Crippen LogP contribution in [0.1, 0.15) is 5.56 Å². The summed E-state index contributed by atoms with van der Waals surface area (Å²) in [5.74, 6) is -0.438. The highest BCUT2D eigenvalue weighted by molar-refractivity contribution is 6.31. The first-order valence-corrected chi connectivity index (χ1v) is 6.34. The van der Waals surface area contributed by atoms with Crippen LogP contribution in [0.25, 0.3) is 0 Å². The summed E-state index contributed by atoms with van der Waals surface area (Å²) in [7, 11) is 0. The highest BCUT2D eigenvalue weighted by Gasteiger charge is 2.14. The van der Waals surface area contributed by atoms with Crippen molar-refractivity contribution in [2.75, 3.05) is 5.32 Å². The highest BCUT2D eigenvalue weighted by Crippen LogP contribution is 2.28. The molecule has 0 aliphatic carbocycles. The minimum absolute atomic E-state index is 0.0631. The largest absolute Gasteiger partial charge is 0.375 e. The standard InChI is InChI=1S/C13H9Cl2FN2O2/c14-9-1-3-11(16)8(5-9)7-17-12-6-10(15)2-4-13(12)18(19)20/h1-6,17H,7H2. The van der Waals surface area contributed by atoms with Crippen molar-refractivity contribution in [2.45, 2.75) is 6.54 Å². The van der Waals surface area contributed by atoms with Crippen LogP contribution in [0.5, 0.6) is 0 Å². The van der Waals surface area contributed by atoms with Crippen molar-refractivity contribution in [3.63, 3.8) is 0 Å². The lowest BCUT2D eigenvalue weighted by molar-refractivity contribution is -0.384. The average Bonchev–Trinajstić information content (AvgIpc) is 2.39. The molecule has 4 nitrogen and oxygen atoms in total. The lowest BCUT2D eigenvalue weighted by atomic mass is 10.2. The van der Waals surface area contributed by atoms with Crippen LogP contribution in [0, 0.1) is 15.9 Å². The first kappa shape index (κ1) is 14.6. The van der Waals surface area contributed by atoms with Crippen molar-refractivity contribution < 1.29 is 9.31 Å². The van der Waals surface area contributed by atoms with Crippen LogP contribution in [0.4, 0.5) is 15.8 Å². The summed E-state index contributed by atoms with van der Waals surface area (Å²) >= 11 is 11.6. The molecule has 0 atom stereocenters. The van der Waals surface area contributed by atoms with Crippen LogP contribution in [-0.2, 0) is 6.54 Å². The Morgan fingerprint density at radius 2 is 1.80 bits per heavy atom. The maximum Gasteiger partial charge on any atom is 0.292 e. The Kier molecular flexibility index (Phi) is 4.42. The molecule has 0 bridgehead atoms. The number of benzene rings is 2. The van der Waals surface area contributed by atoms with Crippen LogP contribution < -0.4 is 5.32 Å². The molecule has 0 saturated heterocycles. The van der Waals surface area contributed by atoms with Gasteiger partial charge in [0.05, 0.1) is 4.92 Å². The second kappa shape index (κ2) is 6.07. The molecule has 0 aliphatic rings. The Hall–Kier alpha value is -1.85. The molecule has 0 spiro atoms. The Balaban J connectivity index is 2.24. The van der Waals surface area contributed by atoms with Gasteiger partial charge in [-0.1, -0.05) is 23.2 Å². The smallest absolute Gasteiger partial charge is 0.292 e. The van der Waals surface area contributed by atoms with E-state index in [1.165, 1.54) is 36.4 Å². The maximum absolute atomic E-state index is 13.6. The molecule has 0 saturated carbocycles. The molecule has 7 heteroatoms. The van der Waals surface area contributed by atoms with Gasteiger partial charge in [0, 0.05) is 28.2 Å². The lowest BCUT2D eigenvalue weighted by Crippen LogP contribution is -2.04. The van der Waals surface area contributed by atoms with Gasteiger partial charge in [0.15, 0.2) is 0 Å². The zero-order chi connectivity index (χ0) is 14.7. The number of nitro groups is 1. The van der Waals surface area contributed by atoms with E-state index in [1.54, 1.807) is 0 Å². The monoisotopic (exact) mass is 314 g/mol. The van der Waals surface area contributed by atoms with E-state index in [2.05, 4.69) is 5.32 Å². The van der Waals surface area contributed by atoms with Crippen LogP contribution in [0.2, 0.25) is 10.0 Å². The van der Waals surface area contributed by atoms with Crippen molar-refractivity contribution in [1.82, 2.24) is 0 Å². The molecule has 104 valence electrons. The summed E-state index contributed by atoms with van der Waals surface area (Å²) in [6, 6.07) is 8.26. The molecular formula is C13H9Cl2FN2O2. The number of nitrogens with one attached hydrogen (secondary N) is 1. The van der Waals surface area contributed by atoms with Crippen LogP contribution in [0.3, 0.4) is 0 Å². The molecule has 20 heavy (non-hydrogen) atoms. The molecule has 2 rings (SSSR count). The number of hydrogen-bond donors (Lipinski definition) is 1. The minimum atomic E-state index is -0.535. The molecule has 0 aromatic heterocycles. The minimum Gasteiger partial charge on any atom is -0.375 e. The van der Waals surface area contributed by atoms with Crippen LogP contribution in [-0.4, -0.2) is 4.92 Å². The van der Waals surface area contributed by atoms with Gasteiger partial charge in [0.1, 0.15) is 11.5 Å². The quantitative estimate of drug-likeness (QED) is 0.660. The zero-order valence-corrected chi connectivity index (χ0v) is 11.6. The number of halogens is 3. The van der Waals surface area contributed by atoms with Crippen molar-refractivity contribution >= 4 is 34.6 Å². The van der Waals surface area contributed by atoms with E-state index in [4.69, 9.17) is 23.2 Å². The summed E-state index contributed by atoms with van der Waals surface area (Å²) in [5.41, 5.74) is 0.408. The Morgan fingerprint density at radius 3 is 2.50 bits per heavy atom. The average molecular weight is 315 g/mol. The van der Waals surface area contributed by atoms with Crippen molar-refractivity contribution in [3.05, 3.63) is 67.9 Å². The topological polar surface area (TPSA) is 55.2 Å². The van der Waals surface area contributed by atoms with Crippen molar-refractivity contribution in [3.8, 4) is 0 Å². The molecule has 1 N–H and O–H groups in total. The molecule has 0 heterocycles. The number of hydrogen-bond acceptors (Lipinski definition) is 3. The van der Waals surface area contributed by atoms with Gasteiger partial charge in [-0.15, -0.1) is 0 Å². The van der Waals surface area contributed by atoms with Gasteiger partial charge < -0.3 is 5.32 Å². The van der Waals surface area contributed by atoms with E-state index in [9.17, 15) is 14.5 Å². The molecule has 0 radical (unpaired) electrons. The zero-order valence-electron chi connectivity index (χ0n) is 10.1. The van der Waals surface area contributed by atoms with E-state index in [1.807, 2.05) is 0 Å². The molecule has 2 aromatic carbocycles. The summed E-state index contributed by atoms with van der Waals surface area (Å²) in [4.78, 5) is 10.4. The van der Waals surface area contributed by atoms with Crippen LogP contribution in [0.15, 0.2) is 36.4 Å². The summed E-state index contributed by atoms with van der Waals surface area (Å²) in [5, 5.41) is 14.4. The number of rotatable bonds is 4. The van der Waals surface area contributed by atoms with Gasteiger partial charge in [-0.05, 0) is 30.3 Å². The van der Waals surface area contributed by atoms with Gasteiger partial charge in [-0.3, -0.25) is 10.1 Å². The number of anilines is 1. The van der Waals surface area contributed by atoms with Gasteiger partial charge in [0.2, 0.25) is 0 Å². The predicted molar refractivity (Wildman–Crippen MR) is 76.8 cm³/mol. The van der Waals surface area contributed by atoms with Gasteiger partial charge in [-0.2, -0.15) is 0 Å². The summed E-state index contributed by atoms with van der Waals surface area (Å²) < 4.78 is 13.6. The summed E-state index contributed by atoms with van der Waals surface area (Å²) in [6.45, 7) is 0.0631. The van der Waals surface area contributed by atoms with E-state index >= 15 is 0 Å². The molecular weight excluding hydrogens is 306 g/mol. The third-order valence-corrected chi connectivity index (χ3v) is 3.10. The number of nitrogens with zero attached hydrogens (tertiary/aromatic N) is 1. The Bertz CT molecular complexity index is 665. The van der Waals surface area contributed by atoms with E-state index < -0.39 is 10.7 Å². The van der Waals surface area contributed by atoms with Crippen molar-refractivity contribution in [2.24, 2.45) is 0 Å². The maximum atomic E-state index is 13.6. The van der Waals surface area contributed by atoms with Crippen molar-refractivity contribution in [1.29, 1.82) is 0 Å². The third-order valence-electron chi connectivity index (χ3n) is 2.63. The fourth-order valence-electron chi connectivity index (χ4n) is 1.68. The second-order valence-electron chi connectivity index (χ2n) is 4.01. The highest BCUT2D eigenvalue weighted by atomic mass is 35.5.